The topological polar surface area (TPSA) is 159 Å². The first-order chi connectivity index (χ1) is 21.1. The van der Waals surface area contributed by atoms with Crippen LogP contribution in [0, 0.1) is 0 Å². The van der Waals surface area contributed by atoms with Crippen LogP contribution in [0.15, 0.2) is 48.5 Å². The van der Waals surface area contributed by atoms with Gasteiger partial charge in [0.05, 0.1) is 46.1 Å². The van der Waals surface area contributed by atoms with Crippen molar-refractivity contribution in [1.82, 2.24) is 20.9 Å². The van der Waals surface area contributed by atoms with Crippen LogP contribution in [0.5, 0.6) is 5.75 Å². The number of ketones is 1. The smallest absolute Gasteiger partial charge is 0.243 e. The SMILES string of the molecule is COc1ccc(CC(NC(=O)C(C)NC(=O)CN2CCOCC2)C(=O)NC(Cc2ccc(CO)cc2)C(=O)C2(C)CO2)cc1. The molecule has 0 radical (unpaired) electrons. The maximum atomic E-state index is 13.8. The molecule has 44 heavy (non-hydrogen) atoms. The summed E-state index contributed by atoms with van der Waals surface area (Å²) < 4.78 is 15.9. The highest BCUT2D eigenvalue weighted by Gasteiger charge is 2.50. The average Bonchev–Trinajstić information content (AvgIpc) is 3.79. The van der Waals surface area contributed by atoms with E-state index in [1.54, 1.807) is 69.5 Å². The van der Waals surface area contributed by atoms with Gasteiger partial charge in [-0.05, 0) is 49.1 Å². The Hall–Kier alpha value is -3.84. The Morgan fingerprint density at radius 3 is 2.00 bits per heavy atom. The van der Waals surface area contributed by atoms with Gasteiger partial charge in [-0.3, -0.25) is 24.1 Å². The van der Waals surface area contributed by atoms with Crippen molar-refractivity contribution in [3.05, 3.63) is 65.2 Å². The molecule has 4 unspecified atom stereocenters. The number of nitrogens with one attached hydrogen (secondary N) is 3. The largest absolute Gasteiger partial charge is 0.497 e. The van der Waals surface area contributed by atoms with Gasteiger partial charge in [-0.25, -0.2) is 0 Å². The minimum absolute atomic E-state index is 0.107. The fraction of sp³-hybridized carbons (Fsp3) is 0.500. The molecular weight excluding hydrogens is 568 g/mol. The van der Waals surface area contributed by atoms with Gasteiger partial charge in [-0.1, -0.05) is 36.4 Å². The number of nitrogens with zero attached hydrogens (tertiary/aromatic N) is 1. The summed E-state index contributed by atoms with van der Waals surface area (Å²) in [6, 6.07) is 11.3. The first-order valence-corrected chi connectivity index (χ1v) is 14.8. The quantitative estimate of drug-likeness (QED) is 0.206. The van der Waals surface area contributed by atoms with Gasteiger partial charge < -0.3 is 35.3 Å². The number of morpholine rings is 1. The summed E-state index contributed by atoms with van der Waals surface area (Å²) in [5, 5.41) is 17.7. The number of aliphatic hydroxyl groups is 1. The van der Waals surface area contributed by atoms with Crippen molar-refractivity contribution >= 4 is 23.5 Å². The zero-order valence-electron chi connectivity index (χ0n) is 25.5. The minimum Gasteiger partial charge on any atom is -0.497 e. The third-order valence-electron chi connectivity index (χ3n) is 7.85. The second-order valence-electron chi connectivity index (χ2n) is 11.4. The minimum atomic E-state index is -1.05. The highest BCUT2D eigenvalue weighted by atomic mass is 16.6. The number of ether oxygens (including phenoxy) is 3. The predicted octanol–water partition coefficient (Wildman–Crippen LogP) is 0.137. The van der Waals surface area contributed by atoms with Crippen molar-refractivity contribution in [2.75, 3.05) is 46.6 Å². The lowest BCUT2D eigenvalue weighted by molar-refractivity contribution is -0.134. The average molecular weight is 611 g/mol. The Bertz CT molecular complexity index is 1290. The first-order valence-electron chi connectivity index (χ1n) is 14.8. The molecule has 2 aromatic carbocycles. The van der Waals surface area contributed by atoms with Gasteiger partial charge in [0.25, 0.3) is 0 Å². The van der Waals surface area contributed by atoms with Gasteiger partial charge in [-0.15, -0.1) is 0 Å². The third kappa shape index (κ3) is 9.33. The van der Waals surface area contributed by atoms with E-state index in [1.165, 1.54) is 0 Å². The normalized spacial score (nSPS) is 20.1. The fourth-order valence-corrected chi connectivity index (χ4v) is 4.94. The van der Waals surface area contributed by atoms with Gasteiger partial charge in [0.15, 0.2) is 5.78 Å². The van der Waals surface area contributed by atoms with E-state index in [2.05, 4.69) is 16.0 Å². The zero-order chi connectivity index (χ0) is 31.7. The number of Topliss-reactive ketones (excluding diaryl/α,β-unsaturated/α-hetero) is 1. The van der Waals surface area contributed by atoms with E-state index >= 15 is 0 Å². The van der Waals surface area contributed by atoms with Crippen LogP contribution < -0.4 is 20.7 Å². The van der Waals surface area contributed by atoms with Crippen LogP contribution in [0.3, 0.4) is 0 Å². The van der Waals surface area contributed by atoms with Gasteiger partial charge in [0.2, 0.25) is 17.7 Å². The summed E-state index contributed by atoms with van der Waals surface area (Å²) in [4.78, 5) is 55.0. The number of hydrogen-bond donors (Lipinski definition) is 4. The summed E-state index contributed by atoms with van der Waals surface area (Å²) >= 11 is 0. The Kier molecular flexibility index (Phi) is 11.5. The Labute approximate surface area is 257 Å². The predicted molar refractivity (Wildman–Crippen MR) is 161 cm³/mol. The molecule has 0 bridgehead atoms. The number of carbonyl (C=O) groups is 4. The summed E-state index contributed by atoms with van der Waals surface area (Å²) in [7, 11) is 1.55. The lowest BCUT2D eigenvalue weighted by atomic mass is 9.94. The molecule has 0 aliphatic carbocycles. The summed E-state index contributed by atoms with van der Waals surface area (Å²) in [6.45, 7) is 5.90. The van der Waals surface area contributed by atoms with Gasteiger partial charge >= 0.3 is 0 Å². The van der Waals surface area contributed by atoms with Crippen molar-refractivity contribution in [1.29, 1.82) is 0 Å². The standard InChI is InChI=1S/C32H42N4O8/c1-21(33-28(38)18-36-12-14-43-15-13-36)30(40)35-27(17-23-8-10-25(42-3)11-9-23)31(41)34-26(29(39)32(2)20-44-32)16-22-4-6-24(19-37)7-5-22/h4-11,21,26-27,37H,12-20H2,1-3H3,(H,33,38)(H,34,41)(H,35,40). The van der Waals surface area contributed by atoms with E-state index in [-0.39, 0.29) is 44.3 Å². The Balaban J connectivity index is 1.47. The molecule has 4 N–H and O–H groups in total. The lowest BCUT2D eigenvalue weighted by Gasteiger charge is -2.27. The second kappa shape index (κ2) is 15.2. The van der Waals surface area contributed by atoms with Crippen molar-refractivity contribution in [2.24, 2.45) is 0 Å². The molecule has 4 rings (SSSR count). The van der Waals surface area contributed by atoms with Crippen molar-refractivity contribution in [3.8, 4) is 5.75 Å². The van der Waals surface area contributed by atoms with E-state index in [9.17, 15) is 24.3 Å². The summed E-state index contributed by atoms with van der Waals surface area (Å²) in [6.07, 6.45) is 0.336. The molecule has 0 aromatic heterocycles. The van der Waals surface area contributed by atoms with Crippen LogP contribution >= 0.6 is 0 Å². The van der Waals surface area contributed by atoms with E-state index in [0.29, 0.717) is 32.1 Å². The number of benzene rings is 2. The maximum Gasteiger partial charge on any atom is 0.243 e. The number of amides is 3. The van der Waals surface area contributed by atoms with Gasteiger partial charge in [0, 0.05) is 19.5 Å². The van der Waals surface area contributed by atoms with Crippen LogP contribution in [0.4, 0.5) is 0 Å². The number of epoxide rings is 1. The third-order valence-corrected chi connectivity index (χ3v) is 7.85. The number of aliphatic hydroxyl groups excluding tert-OH is 1. The number of methoxy groups -OCH3 is 1. The van der Waals surface area contributed by atoms with Crippen LogP contribution in [0.2, 0.25) is 0 Å². The van der Waals surface area contributed by atoms with Gasteiger partial charge in [0.1, 0.15) is 23.4 Å². The molecule has 2 fully saturated rings. The van der Waals surface area contributed by atoms with E-state index in [0.717, 1.165) is 16.7 Å². The molecule has 2 aromatic rings. The molecule has 0 spiro atoms. The second-order valence-corrected chi connectivity index (χ2v) is 11.4. The molecule has 2 saturated heterocycles. The van der Waals surface area contributed by atoms with E-state index in [4.69, 9.17) is 14.2 Å². The highest BCUT2D eigenvalue weighted by molar-refractivity contribution is 5.98. The first kappa shape index (κ1) is 33.1. The summed E-state index contributed by atoms with van der Waals surface area (Å²) in [5.41, 5.74) is 1.29. The molecule has 0 saturated carbocycles. The number of rotatable bonds is 15. The summed E-state index contributed by atoms with van der Waals surface area (Å²) in [5.74, 6) is -1.01. The Morgan fingerprint density at radius 1 is 0.886 bits per heavy atom. The molecule has 12 nitrogen and oxygen atoms in total. The zero-order valence-corrected chi connectivity index (χ0v) is 25.5. The van der Waals surface area contributed by atoms with Crippen molar-refractivity contribution in [3.63, 3.8) is 0 Å². The molecule has 238 valence electrons. The monoisotopic (exact) mass is 610 g/mol. The van der Waals surface area contributed by atoms with Crippen LogP contribution in [0.1, 0.15) is 30.5 Å². The van der Waals surface area contributed by atoms with E-state index in [1.807, 2.05) is 4.90 Å². The van der Waals surface area contributed by atoms with Crippen LogP contribution in [-0.2, 0) is 48.1 Å². The van der Waals surface area contributed by atoms with Crippen LogP contribution in [0.25, 0.3) is 0 Å². The lowest BCUT2D eigenvalue weighted by Crippen LogP contribution is -2.57. The molecule has 3 amide bonds. The van der Waals surface area contributed by atoms with Gasteiger partial charge in [-0.2, -0.15) is 0 Å². The van der Waals surface area contributed by atoms with Crippen LogP contribution in [-0.4, -0.2) is 104 Å². The molecule has 12 heteroatoms. The molecule has 2 heterocycles. The molecule has 4 atom stereocenters. The molecule has 2 aliphatic heterocycles. The highest BCUT2D eigenvalue weighted by Crippen LogP contribution is 2.29. The number of hydrogen-bond acceptors (Lipinski definition) is 9. The van der Waals surface area contributed by atoms with E-state index < -0.39 is 35.5 Å². The van der Waals surface area contributed by atoms with Crippen molar-refractivity contribution < 1.29 is 38.5 Å². The number of carbonyl (C=O) groups excluding carboxylic acids is 4. The Morgan fingerprint density at radius 2 is 1.43 bits per heavy atom. The maximum absolute atomic E-state index is 13.8. The molecular formula is C32H42N4O8. The molecule has 2 aliphatic rings. The van der Waals surface area contributed by atoms with Crippen molar-refractivity contribution in [2.45, 2.75) is 57.0 Å². The fourth-order valence-electron chi connectivity index (χ4n) is 4.94.